The van der Waals surface area contributed by atoms with E-state index < -0.39 is 6.09 Å². The van der Waals surface area contributed by atoms with Crippen molar-refractivity contribution in [2.75, 3.05) is 13.1 Å². The largest absolute Gasteiger partial charge is 0.465 e. The van der Waals surface area contributed by atoms with Crippen LogP contribution in [0.1, 0.15) is 24.3 Å². The van der Waals surface area contributed by atoms with Gasteiger partial charge in [0, 0.05) is 35.4 Å². The van der Waals surface area contributed by atoms with E-state index in [1.54, 1.807) is 6.20 Å². The molecule has 0 atom stereocenters. The van der Waals surface area contributed by atoms with Gasteiger partial charge in [0.15, 0.2) is 0 Å². The lowest BCUT2D eigenvalue weighted by molar-refractivity contribution is 0.132. The summed E-state index contributed by atoms with van der Waals surface area (Å²) in [6.07, 6.45) is 4.46. The summed E-state index contributed by atoms with van der Waals surface area (Å²) >= 11 is 9.84. The van der Waals surface area contributed by atoms with Crippen LogP contribution in [0.25, 0.3) is 16.6 Å². The predicted molar refractivity (Wildman–Crippen MR) is 105 cm³/mol. The Labute approximate surface area is 164 Å². The number of hydrogen-bond acceptors (Lipinski definition) is 2. The van der Waals surface area contributed by atoms with E-state index in [9.17, 15) is 9.90 Å². The average Bonchev–Trinajstić information content (AvgIpc) is 2.94. The van der Waals surface area contributed by atoms with Crippen LogP contribution in [0.5, 0.6) is 0 Å². The molecular weight excluding hydrogens is 418 g/mol. The summed E-state index contributed by atoms with van der Waals surface area (Å²) in [5, 5.41) is 11.0. The third-order valence-electron chi connectivity index (χ3n) is 5.01. The molecule has 134 valence electrons. The van der Waals surface area contributed by atoms with E-state index in [1.165, 1.54) is 10.5 Å². The molecule has 3 heterocycles. The van der Waals surface area contributed by atoms with Crippen molar-refractivity contribution in [3.05, 3.63) is 57.9 Å². The second-order valence-corrected chi connectivity index (χ2v) is 7.64. The smallest absolute Gasteiger partial charge is 0.407 e. The number of carboxylic acid groups (broad SMARTS) is 1. The number of benzene rings is 1. The number of pyridine rings is 1. The maximum absolute atomic E-state index is 11.2. The van der Waals surface area contributed by atoms with Gasteiger partial charge in [-0.2, -0.15) is 0 Å². The Bertz CT molecular complexity index is 963. The van der Waals surface area contributed by atoms with Crippen molar-refractivity contribution in [3.8, 4) is 5.69 Å². The molecule has 0 unspecified atom stereocenters. The Kier molecular flexibility index (Phi) is 4.63. The second-order valence-electron chi connectivity index (χ2n) is 6.45. The lowest BCUT2D eigenvalue weighted by Gasteiger charge is -2.30. The van der Waals surface area contributed by atoms with Gasteiger partial charge >= 0.3 is 6.09 Å². The lowest BCUT2D eigenvalue weighted by atomic mass is 9.89. The number of likely N-dealkylation sites (tertiary alicyclic amines) is 1. The summed E-state index contributed by atoms with van der Waals surface area (Å²) < 4.78 is 3.13. The first-order valence-electron chi connectivity index (χ1n) is 8.44. The van der Waals surface area contributed by atoms with Crippen molar-refractivity contribution in [3.63, 3.8) is 0 Å². The second kappa shape index (κ2) is 6.93. The Balaban J connectivity index is 1.80. The minimum atomic E-state index is -0.838. The van der Waals surface area contributed by atoms with E-state index in [0.717, 1.165) is 34.0 Å². The standard InChI is InChI=1S/C19H17BrClN3O2/c20-18-17(12-6-9-23(10-7-12)19(25)26)15-5-8-22-11-16(15)24(18)14-3-1-13(21)2-4-14/h1-5,8,11-12H,6-7,9-10H2,(H,25,26). The third kappa shape index (κ3) is 2.97. The molecule has 0 bridgehead atoms. The summed E-state index contributed by atoms with van der Waals surface area (Å²) in [6, 6.07) is 9.74. The average molecular weight is 435 g/mol. The maximum atomic E-state index is 11.2. The van der Waals surface area contributed by atoms with Gasteiger partial charge in [0.2, 0.25) is 0 Å². The normalized spacial score (nSPS) is 15.5. The van der Waals surface area contributed by atoms with Crippen LogP contribution in [0.15, 0.2) is 47.3 Å². The number of fused-ring (bicyclic) bond motifs is 1. The molecular formula is C19H17BrClN3O2. The van der Waals surface area contributed by atoms with Crippen molar-refractivity contribution in [2.45, 2.75) is 18.8 Å². The minimum absolute atomic E-state index is 0.304. The molecule has 26 heavy (non-hydrogen) atoms. The van der Waals surface area contributed by atoms with Crippen LogP contribution in [0.4, 0.5) is 4.79 Å². The maximum Gasteiger partial charge on any atom is 0.407 e. The van der Waals surface area contributed by atoms with E-state index in [2.05, 4.69) is 25.5 Å². The summed E-state index contributed by atoms with van der Waals surface area (Å²) in [5.74, 6) is 0.304. The zero-order chi connectivity index (χ0) is 18.3. The van der Waals surface area contributed by atoms with E-state index in [1.807, 2.05) is 36.5 Å². The molecule has 0 radical (unpaired) electrons. The Morgan fingerprint density at radius 3 is 2.54 bits per heavy atom. The highest BCUT2D eigenvalue weighted by Gasteiger charge is 2.28. The number of carbonyl (C=O) groups is 1. The molecule has 5 nitrogen and oxygen atoms in total. The van der Waals surface area contributed by atoms with Crippen LogP contribution >= 0.6 is 27.5 Å². The van der Waals surface area contributed by atoms with Gasteiger partial charge in [-0.3, -0.25) is 4.98 Å². The fraction of sp³-hybridized carbons (Fsp3) is 0.263. The number of hydrogen-bond donors (Lipinski definition) is 1. The molecule has 1 saturated heterocycles. The van der Waals surface area contributed by atoms with Gasteiger partial charge in [0.25, 0.3) is 0 Å². The molecule has 0 aliphatic carbocycles. The van der Waals surface area contributed by atoms with Crippen molar-refractivity contribution in [1.29, 1.82) is 0 Å². The first-order valence-corrected chi connectivity index (χ1v) is 9.61. The van der Waals surface area contributed by atoms with Crippen LogP contribution in [0.2, 0.25) is 5.02 Å². The fourth-order valence-corrected chi connectivity index (χ4v) is 4.78. The number of piperidine rings is 1. The highest BCUT2D eigenvalue weighted by Crippen LogP contribution is 2.41. The first-order chi connectivity index (χ1) is 12.6. The number of aromatic nitrogens is 2. The van der Waals surface area contributed by atoms with Crippen molar-refractivity contribution < 1.29 is 9.90 Å². The van der Waals surface area contributed by atoms with Gasteiger partial charge in [-0.15, -0.1) is 0 Å². The van der Waals surface area contributed by atoms with E-state index >= 15 is 0 Å². The van der Waals surface area contributed by atoms with Crippen LogP contribution in [-0.2, 0) is 0 Å². The van der Waals surface area contributed by atoms with Gasteiger partial charge in [-0.25, -0.2) is 4.79 Å². The Morgan fingerprint density at radius 1 is 1.19 bits per heavy atom. The Hall–Kier alpha value is -2.05. The zero-order valence-electron chi connectivity index (χ0n) is 13.9. The van der Waals surface area contributed by atoms with E-state index in [0.29, 0.717) is 24.0 Å². The highest BCUT2D eigenvalue weighted by molar-refractivity contribution is 9.10. The number of nitrogens with zero attached hydrogens (tertiary/aromatic N) is 3. The molecule has 1 N–H and O–H groups in total. The first kappa shape index (κ1) is 17.4. The molecule has 1 aliphatic rings. The van der Waals surface area contributed by atoms with Crippen LogP contribution in [-0.4, -0.2) is 38.7 Å². The topological polar surface area (TPSA) is 58.4 Å². The molecule has 2 aromatic heterocycles. The fourth-order valence-electron chi connectivity index (χ4n) is 3.72. The molecule has 4 rings (SSSR count). The van der Waals surface area contributed by atoms with E-state index in [-0.39, 0.29) is 0 Å². The van der Waals surface area contributed by atoms with Crippen molar-refractivity contribution in [2.24, 2.45) is 0 Å². The van der Waals surface area contributed by atoms with Crippen molar-refractivity contribution in [1.82, 2.24) is 14.5 Å². The van der Waals surface area contributed by atoms with Crippen LogP contribution in [0.3, 0.4) is 0 Å². The summed E-state index contributed by atoms with van der Waals surface area (Å²) in [4.78, 5) is 17.0. The molecule has 1 aliphatic heterocycles. The number of halogens is 2. The lowest BCUT2D eigenvalue weighted by Crippen LogP contribution is -2.36. The Morgan fingerprint density at radius 2 is 1.88 bits per heavy atom. The number of amides is 1. The van der Waals surface area contributed by atoms with Gasteiger partial charge in [-0.1, -0.05) is 11.6 Å². The van der Waals surface area contributed by atoms with Gasteiger partial charge in [-0.05, 0) is 70.6 Å². The molecule has 0 spiro atoms. The molecule has 3 aromatic rings. The SMILES string of the molecule is O=C(O)N1CCC(c2c(Br)n(-c3ccc(Cl)cc3)c3cnccc23)CC1. The van der Waals surface area contributed by atoms with Gasteiger partial charge < -0.3 is 14.6 Å². The highest BCUT2D eigenvalue weighted by atomic mass is 79.9. The predicted octanol–water partition coefficient (Wildman–Crippen LogP) is 5.30. The van der Waals surface area contributed by atoms with E-state index in [4.69, 9.17) is 11.6 Å². The van der Waals surface area contributed by atoms with Gasteiger partial charge in [0.05, 0.1) is 16.3 Å². The molecule has 0 saturated carbocycles. The molecule has 1 aromatic carbocycles. The molecule has 1 fully saturated rings. The molecule has 1 amide bonds. The molecule has 7 heteroatoms. The minimum Gasteiger partial charge on any atom is -0.465 e. The monoisotopic (exact) mass is 433 g/mol. The quantitative estimate of drug-likeness (QED) is 0.595. The third-order valence-corrected chi connectivity index (χ3v) is 6.04. The van der Waals surface area contributed by atoms with Crippen molar-refractivity contribution >= 4 is 44.5 Å². The van der Waals surface area contributed by atoms with Crippen LogP contribution < -0.4 is 0 Å². The number of rotatable bonds is 2. The van der Waals surface area contributed by atoms with Gasteiger partial charge in [0.1, 0.15) is 0 Å². The summed E-state index contributed by atoms with van der Waals surface area (Å²) in [5.41, 5.74) is 3.26. The van der Waals surface area contributed by atoms with Crippen LogP contribution in [0, 0.1) is 0 Å². The summed E-state index contributed by atoms with van der Waals surface area (Å²) in [7, 11) is 0. The summed E-state index contributed by atoms with van der Waals surface area (Å²) in [6.45, 7) is 1.12. The zero-order valence-corrected chi connectivity index (χ0v) is 16.2.